The number of amides is 1. The van der Waals surface area contributed by atoms with Gasteiger partial charge in [0, 0.05) is 18.0 Å². The fourth-order valence-electron chi connectivity index (χ4n) is 2.85. The molecule has 0 saturated heterocycles. The Morgan fingerprint density at radius 3 is 2.48 bits per heavy atom. The lowest BCUT2D eigenvalue weighted by Crippen LogP contribution is -2.17. The number of aryl methyl sites for hydroxylation is 1. The van der Waals surface area contributed by atoms with Crippen LogP contribution in [0.15, 0.2) is 84.2 Å². The average molecular weight is 415 g/mol. The van der Waals surface area contributed by atoms with Crippen molar-refractivity contribution in [3.63, 3.8) is 0 Å². The molecule has 0 unspecified atom stereocenters. The van der Waals surface area contributed by atoms with Crippen LogP contribution in [0.4, 0.5) is 4.39 Å². The van der Waals surface area contributed by atoms with E-state index in [0.717, 1.165) is 5.69 Å². The molecule has 0 aliphatic rings. The number of nitrogens with one attached hydrogen (secondary N) is 1. The Kier molecular flexibility index (Phi) is 5.79. The van der Waals surface area contributed by atoms with Crippen molar-refractivity contribution in [1.82, 2.24) is 20.2 Å². The van der Waals surface area contributed by atoms with Gasteiger partial charge in [0.25, 0.3) is 5.91 Å². The highest BCUT2D eigenvalue weighted by Crippen LogP contribution is 2.29. The van der Waals surface area contributed by atoms with Crippen LogP contribution in [0.25, 0.3) is 5.69 Å². The third-order valence-electron chi connectivity index (χ3n) is 4.39. The molecule has 0 saturated carbocycles. The van der Waals surface area contributed by atoms with E-state index in [0.29, 0.717) is 28.5 Å². The summed E-state index contributed by atoms with van der Waals surface area (Å²) in [6, 6.07) is 18.3. The minimum atomic E-state index is -0.368. The van der Waals surface area contributed by atoms with Crippen molar-refractivity contribution in [3.8, 4) is 17.3 Å². The van der Waals surface area contributed by atoms with Crippen LogP contribution in [0, 0.1) is 12.7 Å². The van der Waals surface area contributed by atoms with Crippen molar-refractivity contribution in [2.75, 3.05) is 0 Å². The lowest BCUT2D eigenvalue weighted by Gasteiger charge is -2.10. The van der Waals surface area contributed by atoms with Gasteiger partial charge in [-0.25, -0.2) is 9.82 Å². The molecule has 0 bridgehead atoms. The average Bonchev–Trinajstić information content (AvgIpc) is 3.11. The minimum absolute atomic E-state index is 0.360. The Balaban J connectivity index is 1.66. The molecule has 0 atom stereocenters. The molecule has 0 radical (unpaired) electrons. The summed E-state index contributed by atoms with van der Waals surface area (Å²) in [5.41, 5.74) is 4.91. The van der Waals surface area contributed by atoms with E-state index in [1.807, 2.05) is 37.3 Å². The molecule has 31 heavy (non-hydrogen) atoms. The van der Waals surface area contributed by atoms with E-state index in [4.69, 9.17) is 4.74 Å². The number of para-hydroxylation sites is 1. The molecule has 154 valence electrons. The van der Waals surface area contributed by atoms with Gasteiger partial charge in [-0.05, 0) is 55.5 Å². The van der Waals surface area contributed by atoms with Crippen molar-refractivity contribution in [2.45, 2.75) is 6.92 Å². The van der Waals surface area contributed by atoms with Crippen molar-refractivity contribution in [1.29, 1.82) is 0 Å². The first kappa shape index (κ1) is 20.0. The normalized spacial score (nSPS) is 10.9. The molecule has 2 heterocycles. The second-order valence-electron chi connectivity index (χ2n) is 6.54. The number of nitrogens with zero attached hydrogens (tertiary/aromatic N) is 4. The van der Waals surface area contributed by atoms with E-state index in [1.54, 1.807) is 16.8 Å². The first-order valence-corrected chi connectivity index (χ1v) is 9.44. The van der Waals surface area contributed by atoms with E-state index >= 15 is 0 Å². The van der Waals surface area contributed by atoms with E-state index in [1.165, 1.54) is 42.9 Å². The van der Waals surface area contributed by atoms with Crippen molar-refractivity contribution >= 4 is 12.1 Å². The van der Waals surface area contributed by atoms with Gasteiger partial charge < -0.3 is 4.74 Å². The smallest absolute Gasteiger partial charge is 0.271 e. The molecular formula is C23H18FN5O2. The number of hydrogen-bond acceptors (Lipinski definition) is 5. The maximum Gasteiger partial charge on any atom is 0.271 e. The van der Waals surface area contributed by atoms with Gasteiger partial charge in [0.2, 0.25) is 5.88 Å². The van der Waals surface area contributed by atoms with Crippen molar-refractivity contribution in [2.24, 2.45) is 5.10 Å². The predicted octanol–water partition coefficient (Wildman–Crippen LogP) is 4.27. The Bertz CT molecular complexity index is 1210. The lowest BCUT2D eigenvalue weighted by molar-refractivity contribution is 0.0955. The number of ether oxygens (including phenoxy) is 1. The second-order valence-corrected chi connectivity index (χ2v) is 6.54. The standard InChI is InChI=1S/C23H18FN5O2/c1-16-21(15-26-27-22(30)17-11-13-25-14-12-17)23(31-20-9-7-18(24)8-10-20)29(28-16)19-5-3-2-4-6-19/h2-15H,1H3,(H,27,30)/b26-15-. The summed E-state index contributed by atoms with van der Waals surface area (Å²) in [4.78, 5) is 16.1. The molecule has 4 rings (SSSR count). The van der Waals surface area contributed by atoms with Crippen LogP contribution in [-0.2, 0) is 0 Å². The Hall–Kier alpha value is -4.33. The van der Waals surface area contributed by atoms with Gasteiger partial charge in [-0.15, -0.1) is 0 Å². The van der Waals surface area contributed by atoms with Gasteiger partial charge in [0.15, 0.2) is 0 Å². The summed E-state index contributed by atoms with van der Waals surface area (Å²) >= 11 is 0. The van der Waals surface area contributed by atoms with E-state index in [-0.39, 0.29) is 11.7 Å². The fourth-order valence-corrected chi connectivity index (χ4v) is 2.85. The van der Waals surface area contributed by atoms with Gasteiger partial charge >= 0.3 is 0 Å². The molecular weight excluding hydrogens is 397 g/mol. The highest BCUT2D eigenvalue weighted by atomic mass is 19.1. The monoisotopic (exact) mass is 415 g/mol. The maximum atomic E-state index is 13.3. The molecule has 0 spiro atoms. The molecule has 1 amide bonds. The molecule has 4 aromatic rings. The summed E-state index contributed by atoms with van der Waals surface area (Å²) in [6.07, 6.45) is 4.53. The van der Waals surface area contributed by atoms with Crippen LogP contribution in [0.5, 0.6) is 11.6 Å². The zero-order valence-corrected chi connectivity index (χ0v) is 16.6. The number of halogens is 1. The number of rotatable bonds is 6. The number of aromatic nitrogens is 3. The van der Waals surface area contributed by atoms with E-state index in [9.17, 15) is 9.18 Å². The Labute approximate surface area is 177 Å². The molecule has 0 fully saturated rings. The lowest BCUT2D eigenvalue weighted by atomic mass is 10.2. The van der Waals surface area contributed by atoms with Gasteiger partial charge in [-0.1, -0.05) is 18.2 Å². The molecule has 7 nitrogen and oxygen atoms in total. The fraction of sp³-hybridized carbons (Fsp3) is 0.0435. The number of carbonyl (C=O) groups is 1. The number of hydrogen-bond donors (Lipinski definition) is 1. The van der Waals surface area contributed by atoms with Crippen LogP contribution in [-0.4, -0.2) is 26.9 Å². The highest BCUT2D eigenvalue weighted by Gasteiger charge is 2.18. The van der Waals surface area contributed by atoms with E-state index < -0.39 is 0 Å². The van der Waals surface area contributed by atoms with Crippen molar-refractivity contribution in [3.05, 3.63) is 102 Å². The molecule has 0 aliphatic heterocycles. The number of pyridine rings is 1. The SMILES string of the molecule is Cc1nn(-c2ccccc2)c(Oc2ccc(F)cc2)c1/C=N\NC(=O)c1ccncc1. The third kappa shape index (κ3) is 4.64. The second kappa shape index (κ2) is 9.00. The molecule has 0 aliphatic carbocycles. The number of hydrazone groups is 1. The molecule has 2 aromatic heterocycles. The number of benzene rings is 2. The van der Waals surface area contributed by atoms with Crippen LogP contribution in [0.2, 0.25) is 0 Å². The summed E-state index contributed by atoms with van der Waals surface area (Å²) in [7, 11) is 0. The zero-order valence-electron chi connectivity index (χ0n) is 16.6. The first-order valence-electron chi connectivity index (χ1n) is 9.44. The molecule has 8 heteroatoms. The van der Waals surface area contributed by atoms with Gasteiger partial charge in [0.05, 0.1) is 23.2 Å². The summed E-state index contributed by atoms with van der Waals surface area (Å²) in [5, 5.41) is 8.62. The maximum absolute atomic E-state index is 13.3. The van der Waals surface area contributed by atoms with Gasteiger partial charge in [-0.3, -0.25) is 9.78 Å². The quantitative estimate of drug-likeness (QED) is 0.377. The van der Waals surface area contributed by atoms with Crippen molar-refractivity contribution < 1.29 is 13.9 Å². The van der Waals surface area contributed by atoms with Gasteiger partial charge in [0.1, 0.15) is 11.6 Å². The van der Waals surface area contributed by atoms with E-state index in [2.05, 4.69) is 20.6 Å². The van der Waals surface area contributed by atoms with Crippen LogP contribution < -0.4 is 10.2 Å². The summed E-state index contributed by atoms with van der Waals surface area (Å²) in [6.45, 7) is 1.81. The third-order valence-corrected chi connectivity index (χ3v) is 4.39. The number of carbonyl (C=O) groups excluding carboxylic acids is 1. The zero-order chi connectivity index (χ0) is 21.6. The van der Waals surface area contributed by atoms with Gasteiger partial charge in [-0.2, -0.15) is 14.9 Å². The van der Waals surface area contributed by atoms with Crippen LogP contribution >= 0.6 is 0 Å². The first-order chi connectivity index (χ1) is 15.1. The largest absolute Gasteiger partial charge is 0.438 e. The topological polar surface area (TPSA) is 81.4 Å². The Morgan fingerprint density at radius 1 is 1.06 bits per heavy atom. The highest BCUT2D eigenvalue weighted by molar-refractivity contribution is 5.95. The minimum Gasteiger partial charge on any atom is -0.438 e. The van der Waals surface area contributed by atoms with Crippen LogP contribution in [0.1, 0.15) is 21.6 Å². The summed E-state index contributed by atoms with van der Waals surface area (Å²) < 4.78 is 21.0. The summed E-state index contributed by atoms with van der Waals surface area (Å²) in [5.74, 6) is 0.0969. The predicted molar refractivity (Wildman–Crippen MR) is 114 cm³/mol. The van der Waals surface area contributed by atoms with Crippen LogP contribution in [0.3, 0.4) is 0 Å². The Morgan fingerprint density at radius 2 is 1.77 bits per heavy atom. The molecule has 2 aromatic carbocycles. The molecule has 1 N–H and O–H groups in total.